The fourth-order valence-corrected chi connectivity index (χ4v) is 4.25. The number of hydrogen-bond donors (Lipinski definition) is 0. The maximum atomic E-state index is 12.8. The van der Waals surface area contributed by atoms with Gasteiger partial charge in [-0.15, -0.1) is 0 Å². The molecule has 0 aliphatic carbocycles. The Kier molecular flexibility index (Phi) is 8.42. The molecule has 4 aromatic rings. The molecule has 4 rings (SSSR count). The molecule has 0 saturated carbocycles. The molecule has 0 aliphatic rings. The van der Waals surface area contributed by atoms with Crippen LogP contribution in [0.1, 0.15) is 29.7 Å². The molecule has 32 heavy (non-hydrogen) atoms. The minimum absolute atomic E-state index is 0. The van der Waals surface area contributed by atoms with Crippen molar-refractivity contribution in [3.63, 3.8) is 0 Å². The van der Waals surface area contributed by atoms with Crippen molar-refractivity contribution in [3.05, 3.63) is 71.5 Å². The third kappa shape index (κ3) is 5.56. The van der Waals surface area contributed by atoms with Gasteiger partial charge in [-0.3, -0.25) is 9.19 Å². The summed E-state index contributed by atoms with van der Waals surface area (Å²) in [4.78, 5) is 17.5. The van der Waals surface area contributed by atoms with Gasteiger partial charge in [0.05, 0.1) is 41.1 Å². The largest absolute Gasteiger partial charge is 1.00 e. The average molecular weight is 459 g/mol. The van der Waals surface area contributed by atoms with E-state index in [1.165, 1.54) is 5.56 Å². The number of ether oxygens (including phenoxy) is 2. The van der Waals surface area contributed by atoms with Gasteiger partial charge in [0.1, 0.15) is 11.6 Å². The first kappa shape index (κ1) is 24.4. The van der Waals surface area contributed by atoms with Crippen molar-refractivity contribution in [2.24, 2.45) is 0 Å². The van der Waals surface area contributed by atoms with E-state index in [9.17, 15) is 4.21 Å². The van der Waals surface area contributed by atoms with Gasteiger partial charge in [0, 0.05) is 28.8 Å². The monoisotopic (exact) mass is 458 g/mol. The molecular formula is C23H23N4NaO3S. The number of methoxy groups -OCH3 is 1. The van der Waals surface area contributed by atoms with Crippen molar-refractivity contribution >= 4 is 22.0 Å². The molecule has 0 saturated heterocycles. The minimum Gasteiger partial charge on any atom is -0.496 e. The predicted molar refractivity (Wildman–Crippen MR) is 119 cm³/mol. The van der Waals surface area contributed by atoms with Gasteiger partial charge in [0.25, 0.3) is 0 Å². The summed E-state index contributed by atoms with van der Waals surface area (Å²) in [5, 5.41) is 0.237. The number of benzene rings is 1. The van der Waals surface area contributed by atoms with Gasteiger partial charge in [-0.1, -0.05) is 37.3 Å². The Morgan fingerprint density at radius 3 is 2.62 bits per heavy atom. The van der Waals surface area contributed by atoms with Crippen LogP contribution in [0.2, 0.25) is 0 Å². The van der Waals surface area contributed by atoms with Gasteiger partial charge in [-0.2, -0.15) is 0 Å². The molecule has 0 fully saturated rings. The van der Waals surface area contributed by atoms with E-state index in [-0.39, 0.29) is 46.4 Å². The van der Waals surface area contributed by atoms with Gasteiger partial charge < -0.3 is 24.4 Å². The number of nitrogens with zero attached hydrogens (tertiary/aromatic N) is 4. The number of rotatable bonds is 8. The standard InChI is InChI=1S/C23H23N4O3S.Na/c1-15(17-7-5-4-6-8-17)13-30-21-10-9-18-22(26-21)27-23(25-18)31(28)14-19-16(2)20(29-3)11-12-24-19;/h4-12,15H,13-14H2,1-3H3;/q-1;+1. The van der Waals surface area contributed by atoms with Crippen LogP contribution in [0.25, 0.3) is 11.2 Å². The van der Waals surface area contributed by atoms with Crippen LogP contribution >= 0.6 is 0 Å². The van der Waals surface area contributed by atoms with Gasteiger partial charge in [0.15, 0.2) is 0 Å². The normalized spacial score (nSPS) is 12.7. The second kappa shape index (κ2) is 11.0. The van der Waals surface area contributed by atoms with E-state index in [2.05, 4.69) is 39.0 Å². The zero-order valence-electron chi connectivity index (χ0n) is 18.6. The number of pyridine rings is 2. The molecule has 2 atom stereocenters. The summed E-state index contributed by atoms with van der Waals surface area (Å²) in [5.74, 6) is 1.62. The summed E-state index contributed by atoms with van der Waals surface area (Å²) in [5.41, 5.74) is 3.76. The maximum Gasteiger partial charge on any atom is 1.00 e. The van der Waals surface area contributed by atoms with Gasteiger partial charge in [-0.05, 0) is 30.7 Å². The van der Waals surface area contributed by atoms with Crippen molar-refractivity contribution in [2.75, 3.05) is 13.7 Å². The van der Waals surface area contributed by atoms with Crippen LogP contribution in [0, 0.1) is 6.92 Å². The Morgan fingerprint density at radius 2 is 1.88 bits per heavy atom. The van der Waals surface area contributed by atoms with E-state index in [1.54, 1.807) is 31.5 Å². The van der Waals surface area contributed by atoms with Crippen molar-refractivity contribution < 1.29 is 43.2 Å². The van der Waals surface area contributed by atoms with Crippen LogP contribution in [0.4, 0.5) is 0 Å². The van der Waals surface area contributed by atoms with E-state index in [0.717, 1.165) is 5.56 Å². The number of fused-ring (bicyclic) bond motifs is 1. The van der Waals surface area contributed by atoms with Gasteiger partial charge in [0.2, 0.25) is 0 Å². The van der Waals surface area contributed by atoms with E-state index in [4.69, 9.17) is 9.47 Å². The summed E-state index contributed by atoms with van der Waals surface area (Å²) in [6.07, 6.45) is 1.64. The third-order valence-corrected chi connectivity index (χ3v) is 6.17. The van der Waals surface area contributed by atoms with Crippen LogP contribution in [0.15, 0.2) is 59.9 Å². The average Bonchev–Trinajstić information content (AvgIpc) is 3.23. The Labute approximate surface area is 211 Å². The predicted octanol–water partition coefficient (Wildman–Crippen LogP) is 0.793. The topological polar surface area (TPSA) is 88.3 Å². The van der Waals surface area contributed by atoms with Crippen molar-refractivity contribution in [2.45, 2.75) is 30.7 Å². The fraction of sp³-hybridized carbons (Fsp3) is 0.261. The molecule has 7 nitrogen and oxygen atoms in total. The Bertz CT molecular complexity index is 1220. The van der Waals surface area contributed by atoms with Gasteiger partial charge >= 0.3 is 29.6 Å². The summed E-state index contributed by atoms with van der Waals surface area (Å²) in [6, 6.07) is 15.5. The molecule has 0 bridgehead atoms. The maximum absolute atomic E-state index is 12.8. The van der Waals surface area contributed by atoms with Crippen LogP contribution < -0.4 is 44.0 Å². The summed E-state index contributed by atoms with van der Waals surface area (Å²) >= 11 is 0. The number of imidazole rings is 1. The Morgan fingerprint density at radius 1 is 1.09 bits per heavy atom. The van der Waals surface area contributed by atoms with Crippen LogP contribution in [0.3, 0.4) is 0 Å². The van der Waals surface area contributed by atoms with Crippen LogP contribution in [-0.2, 0) is 16.6 Å². The number of hydrogen-bond acceptors (Lipinski definition) is 6. The SMILES string of the molecule is COc1ccnc(CS(=O)c2nc3ccc(OCC(C)c4ccccc4)nc3[n-]2)c1C.[Na+]. The summed E-state index contributed by atoms with van der Waals surface area (Å²) in [7, 11) is 0.148. The summed E-state index contributed by atoms with van der Waals surface area (Å²) in [6.45, 7) is 4.49. The second-order valence-corrected chi connectivity index (χ2v) is 8.54. The molecule has 0 N–H and O–H groups in total. The van der Waals surface area contributed by atoms with Crippen molar-refractivity contribution in [3.8, 4) is 11.6 Å². The Balaban J connectivity index is 0.00000289. The zero-order chi connectivity index (χ0) is 21.8. The quantitative estimate of drug-likeness (QED) is 0.361. The van der Waals surface area contributed by atoms with Crippen LogP contribution in [-0.4, -0.2) is 32.9 Å². The summed E-state index contributed by atoms with van der Waals surface area (Å²) < 4.78 is 24.0. The van der Waals surface area contributed by atoms with E-state index in [1.807, 2.05) is 25.1 Å². The van der Waals surface area contributed by atoms with Crippen LogP contribution in [0.5, 0.6) is 11.6 Å². The first-order chi connectivity index (χ1) is 15.0. The van der Waals surface area contributed by atoms with E-state index in [0.29, 0.717) is 35.1 Å². The number of aromatic nitrogens is 4. The zero-order valence-corrected chi connectivity index (χ0v) is 21.4. The van der Waals surface area contributed by atoms with Gasteiger partial charge in [-0.25, -0.2) is 0 Å². The fourth-order valence-electron chi connectivity index (χ4n) is 3.20. The van der Waals surface area contributed by atoms with E-state index >= 15 is 0 Å². The minimum atomic E-state index is -1.45. The molecule has 1 aromatic carbocycles. The molecule has 160 valence electrons. The molecular weight excluding hydrogens is 435 g/mol. The molecule has 2 unspecified atom stereocenters. The molecule has 9 heteroatoms. The molecule has 3 aromatic heterocycles. The molecule has 0 amide bonds. The van der Waals surface area contributed by atoms with Crippen molar-refractivity contribution in [1.82, 2.24) is 19.9 Å². The third-order valence-electron chi connectivity index (χ3n) is 5.05. The first-order valence-corrected chi connectivity index (χ1v) is 11.2. The molecule has 0 aliphatic heterocycles. The van der Waals surface area contributed by atoms with Crippen molar-refractivity contribution in [1.29, 1.82) is 0 Å². The first-order valence-electron chi connectivity index (χ1n) is 9.91. The van der Waals surface area contributed by atoms with E-state index < -0.39 is 10.8 Å². The molecule has 0 radical (unpaired) electrons. The molecule has 3 heterocycles. The Hall–Kier alpha value is -2.26. The second-order valence-electron chi connectivity index (χ2n) is 7.20. The smallest absolute Gasteiger partial charge is 0.496 e. The molecule has 0 spiro atoms.